The monoisotopic (exact) mass is 186 g/mol. The molecule has 1 aliphatic rings. The lowest BCUT2D eigenvalue weighted by atomic mass is 10.2. The van der Waals surface area contributed by atoms with Crippen molar-refractivity contribution in [3.05, 3.63) is 0 Å². The Morgan fingerprint density at radius 3 is 2.23 bits per heavy atom. The fourth-order valence-corrected chi connectivity index (χ4v) is 1.59. The first kappa shape index (κ1) is 10.5. The molecule has 0 bridgehead atoms. The number of amides is 1. The second-order valence-corrected chi connectivity index (χ2v) is 3.67. The third kappa shape index (κ3) is 2.67. The Labute approximate surface area is 79.1 Å². The Balaban J connectivity index is 2.34. The van der Waals surface area contributed by atoms with Crippen LogP contribution in [0.4, 0.5) is 0 Å². The Kier molecular flexibility index (Phi) is 3.69. The van der Waals surface area contributed by atoms with Crippen LogP contribution >= 0.6 is 0 Å². The molecule has 1 aliphatic heterocycles. The first-order valence-electron chi connectivity index (χ1n) is 4.78. The molecule has 0 unspecified atom stereocenters. The maximum Gasteiger partial charge on any atom is 0.248 e. The normalized spacial score (nSPS) is 19.5. The van der Waals surface area contributed by atoms with Crippen LogP contribution in [0.25, 0.3) is 0 Å². The van der Waals surface area contributed by atoms with Gasteiger partial charge in [0.25, 0.3) is 0 Å². The van der Waals surface area contributed by atoms with Gasteiger partial charge in [-0.3, -0.25) is 9.69 Å². The molecule has 4 heteroatoms. The molecule has 13 heavy (non-hydrogen) atoms. The fraction of sp³-hybridized carbons (Fsp3) is 0.889. The number of rotatable bonds is 2. The van der Waals surface area contributed by atoms with E-state index in [1.165, 1.54) is 0 Å². The van der Waals surface area contributed by atoms with Crippen molar-refractivity contribution in [1.29, 1.82) is 0 Å². The van der Waals surface area contributed by atoms with Crippen molar-refractivity contribution in [2.45, 2.75) is 19.9 Å². The summed E-state index contributed by atoms with van der Waals surface area (Å²) in [5.74, 6) is -0.150. The van der Waals surface area contributed by atoms with Gasteiger partial charge in [0, 0.05) is 32.2 Å². The van der Waals surface area contributed by atoms with Gasteiger partial charge in [-0.2, -0.15) is 0 Å². The van der Waals surface area contributed by atoms with Gasteiger partial charge in [0.2, 0.25) is 5.91 Å². The van der Waals surface area contributed by atoms with E-state index in [-0.39, 0.29) is 12.5 Å². The van der Waals surface area contributed by atoms with Crippen LogP contribution < -0.4 is 0 Å². The predicted molar refractivity (Wildman–Crippen MR) is 50.4 cm³/mol. The summed E-state index contributed by atoms with van der Waals surface area (Å²) in [5, 5.41) is 8.66. The lowest BCUT2D eigenvalue weighted by molar-refractivity contribution is -0.136. The molecule has 0 atom stereocenters. The molecule has 1 fully saturated rings. The number of piperazine rings is 1. The van der Waals surface area contributed by atoms with Gasteiger partial charge < -0.3 is 10.0 Å². The van der Waals surface area contributed by atoms with E-state index in [1.54, 1.807) is 4.90 Å². The highest BCUT2D eigenvalue weighted by Crippen LogP contribution is 2.05. The molecule has 0 radical (unpaired) electrons. The van der Waals surface area contributed by atoms with E-state index in [0.29, 0.717) is 6.04 Å². The zero-order valence-corrected chi connectivity index (χ0v) is 8.36. The van der Waals surface area contributed by atoms with Crippen molar-refractivity contribution in [1.82, 2.24) is 9.80 Å². The van der Waals surface area contributed by atoms with Crippen molar-refractivity contribution in [3.8, 4) is 0 Å². The van der Waals surface area contributed by atoms with Crippen LogP contribution in [0.5, 0.6) is 0 Å². The molecule has 1 saturated heterocycles. The van der Waals surface area contributed by atoms with Crippen LogP contribution in [0.15, 0.2) is 0 Å². The Bertz CT molecular complexity index is 174. The Hall–Kier alpha value is -0.610. The van der Waals surface area contributed by atoms with Crippen molar-refractivity contribution in [3.63, 3.8) is 0 Å². The molecular formula is C9H18N2O2. The maximum absolute atomic E-state index is 11.1. The number of carbonyl (C=O) groups excluding carboxylic acids is 1. The highest BCUT2D eigenvalue weighted by molar-refractivity contribution is 5.77. The summed E-state index contributed by atoms with van der Waals surface area (Å²) in [6.07, 6.45) is 0. The minimum atomic E-state index is -0.359. The standard InChI is InChI=1S/C9H18N2O2/c1-8(2)10-3-5-11(6-4-10)9(13)7-12/h8,12H,3-7H2,1-2H3. The lowest BCUT2D eigenvalue weighted by Gasteiger charge is -2.36. The summed E-state index contributed by atoms with van der Waals surface area (Å²) in [6, 6.07) is 0.548. The quantitative estimate of drug-likeness (QED) is 0.634. The van der Waals surface area contributed by atoms with Crippen molar-refractivity contribution in [2.24, 2.45) is 0 Å². The molecule has 1 heterocycles. The van der Waals surface area contributed by atoms with Gasteiger partial charge in [-0.05, 0) is 13.8 Å². The van der Waals surface area contributed by atoms with Gasteiger partial charge in [0.05, 0.1) is 0 Å². The third-order valence-electron chi connectivity index (χ3n) is 2.53. The minimum absolute atomic E-state index is 0.150. The van der Waals surface area contributed by atoms with E-state index in [9.17, 15) is 4.79 Å². The predicted octanol–water partition coefficient (Wildman–Crippen LogP) is -0.469. The van der Waals surface area contributed by atoms with E-state index < -0.39 is 0 Å². The highest BCUT2D eigenvalue weighted by atomic mass is 16.3. The third-order valence-corrected chi connectivity index (χ3v) is 2.53. The van der Waals surface area contributed by atoms with Gasteiger partial charge in [0.1, 0.15) is 6.61 Å². The smallest absolute Gasteiger partial charge is 0.248 e. The van der Waals surface area contributed by atoms with Crippen LogP contribution in [0.3, 0.4) is 0 Å². The maximum atomic E-state index is 11.1. The lowest BCUT2D eigenvalue weighted by Crippen LogP contribution is -2.51. The molecule has 0 aliphatic carbocycles. The number of hydrogen-bond donors (Lipinski definition) is 1. The van der Waals surface area contributed by atoms with Gasteiger partial charge in [-0.25, -0.2) is 0 Å². The zero-order chi connectivity index (χ0) is 9.84. The van der Waals surface area contributed by atoms with Crippen LogP contribution in [0.2, 0.25) is 0 Å². The Morgan fingerprint density at radius 1 is 1.31 bits per heavy atom. The summed E-state index contributed by atoms with van der Waals surface area (Å²) in [5.41, 5.74) is 0. The molecule has 0 aromatic heterocycles. The fourth-order valence-electron chi connectivity index (χ4n) is 1.59. The van der Waals surface area contributed by atoms with Crippen molar-refractivity contribution in [2.75, 3.05) is 32.8 Å². The van der Waals surface area contributed by atoms with E-state index in [0.717, 1.165) is 26.2 Å². The van der Waals surface area contributed by atoms with E-state index in [1.807, 2.05) is 0 Å². The van der Waals surface area contributed by atoms with Crippen LogP contribution in [0.1, 0.15) is 13.8 Å². The molecule has 4 nitrogen and oxygen atoms in total. The highest BCUT2D eigenvalue weighted by Gasteiger charge is 2.21. The SMILES string of the molecule is CC(C)N1CCN(C(=O)CO)CC1. The summed E-state index contributed by atoms with van der Waals surface area (Å²) in [6.45, 7) is 7.29. The van der Waals surface area contributed by atoms with Gasteiger partial charge >= 0.3 is 0 Å². The molecule has 76 valence electrons. The van der Waals surface area contributed by atoms with Gasteiger partial charge in [-0.15, -0.1) is 0 Å². The van der Waals surface area contributed by atoms with Crippen LogP contribution in [0, 0.1) is 0 Å². The van der Waals surface area contributed by atoms with Crippen LogP contribution in [-0.2, 0) is 4.79 Å². The molecule has 0 aromatic carbocycles. The van der Waals surface area contributed by atoms with Crippen molar-refractivity contribution >= 4 is 5.91 Å². The first-order valence-corrected chi connectivity index (χ1v) is 4.78. The number of nitrogens with zero attached hydrogens (tertiary/aromatic N) is 2. The molecule has 0 aromatic rings. The van der Waals surface area contributed by atoms with E-state index in [4.69, 9.17) is 5.11 Å². The van der Waals surface area contributed by atoms with Gasteiger partial charge in [-0.1, -0.05) is 0 Å². The van der Waals surface area contributed by atoms with Crippen molar-refractivity contribution < 1.29 is 9.90 Å². The molecule has 1 amide bonds. The molecule has 0 saturated carbocycles. The molecule has 0 spiro atoms. The largest absolute Gasteiger partial charge is 0.387 e. The first-order chi connectivity index (χ1) is 6.15. The summed E-state index contributed by atoms with van der Waals surface area (Å²) >= 11 is 0. The van der Waals surface area contributed by atoms with Gasteiger partial charge in [0.15, 0.2) is 0 Å². The summed E-state index contributed by atoms with van der Waals surface area (Å²) in [4.78, 5) is 15.2. The summed E-state index contributed by atoms with van der Waals surface area (Å²) < 4.78 is 0. The second-order valence-electron chi connectivity index (χ2n) is 3.67. The van der Waals surface area contributed by atoms with E-state index in [2.05, 4.69) is 18.7 Å². The number of aliphatic hydroxyl groups excluding tert-OH is 1. The zero-order valence-electron chi connectivity index (χ0n) is 8.36. The van der Waals surface area contributed by atoms with E-state index >= 15 is 0 Å². The summed E-state index contributed by atoms with van der Waals surface area (Å²) in [7, 11) is 0. The second kappa shape index (κ2) is 4.58. The van der Waals surface area contributed by atoms with Crippen LogP contribution in [-0.4, -0.2) is 59.6 Å². The average Bonchev–Trinajstić information content (AvgIpc) is 2.17. The molecule has 1 rings (SSSR count). The average molecular weight is 186 g/mol. The Morgan fingerprint density at radius 2 is 1.85 bits per heavy atom. The number of aliphatic hydroxyl groups is 1. The number of carbonyl (C=O) groups is 1. The number of hydrogen-bond acceptors (Lipinski definition) is 3. The molecular weight excluding hydrogens is 168 g/mol. The topological polar surface area (TPSA) is 43.8 Å². The molecule has 1 N–H and O–H groups in total. The minimum Gasteiger partial charge on any atom is -0.387 e.